The normalized spacial score (nSPS) is 15.8. The van der Waals surface area contributed by atoms with E-state index < -0.39 is 6.09 Å². The van der Waals surface area contributed by atoms with Gasteiger partial charge in [-0.1, -0.05) is 6.07 Å². The number of piperazine rings is 1. The van der Waals surface area contributed by atoms with Crippen molar-refractivity contribution in [2.75, 3.05) is 29.9 Å². The van der Waals surface area contributed by atoms with E-state index in [0.29, 0.717) is 25.5 Å². The highest BCUT2D eigenvalue weighted by Crippen LogP contribution is 2.28. The molecule has 1 amide bonds. The van der Waals surface area contributed by atoms with Gasteiger partial charge in [0, 0.05) is 42.9 Å². The quantitative estimate of drug-likeness (QED) is 0.363. The number of benzene rings is 1. The molecule has 5 heterocycles. The summed E-state index contributed by atoms with van der Waals surface area (Å²) in [6, 6.07) is 12.3. The van der Waals surface area contributed by atoms with Crippen LogP contribution in [-0.4, -0.2) is 71.3 Å². The minimum absolute atomic E-state index is 0.122. The third kappa shape index (κ3) is 4.54. The summed E-state index contributed by atoms with van der Waals surface area (Å²) in [5.41, 5.74) is 6.08. The van der Waals surface area contributed by atoms with E-state index >= 15 is 0 Å². The van der Waals surface area contributed by atoms with Gasteiger partial charge >= 0.3 is 6.09 Å². The van der Waals surface area contributed by atoms with Crippen LogP contribution in [0.2, 0.25) is 0 Å². The summed E-state index contributed by atoms with van der Waals surface area (Å²) >= 11 is 0. The summed E-state index contributed by atoms with van der Waals surface area (Å²) in [4.78, 5) is 32.8. The molecule has 1 atom stereocenters. The first kappa shape index (κ1) is 23.6. The Labute approximate surface area is 218 Å². The van der Waals surface area contributed by atoms with Gasteiger partial charge in [-0.2, -0.15) is 5.10 Å². The zero-order chi connectivity index (χ0) is 26.2. The Bertz CT molecular complexity index is 1650. The molecule has 6 rings (SSSR count). The zero-order valence-electron chi connectivity index (χ0n) is 21.1. The molecule has 1 aromatic carbocycles. The van der Waals surface area contributed by atoms with Crippen molar-refractivity contribution >= 4 is 40.0 Å². The number of fused-ring (bicyclic) bond motifs is 2. The molecular formula is C27H27N9O2. The topological polar surface area (TPSA) is 125 Å². The van der Waals surface area contributed by atoms with Crippen LogP contribution in [0.25, 0.3) is 16.6 Å². The number of hydrogen-bond donors (Lipinski definition) is 2. The molecule has 0 saturated carbocycles. The van der Waals surface area contributed by atoms with Crippen LogP contribution in [0.3, 0.4) is 0 Å². The molecule has 1 saturated heterocycles. The summed E-state index contributed by atoms with van der Waals surface area (Å²) in [6.07, 6.45) is 6.67. The molecule has 38 heavy (non-hydrogen) atoms. The molecule has 0 bridgehead atoms. The van der Waals surface area contributed by atoms with Crippen molar-refractivity contribution in [1.82, 2.24) is 34.4 Å². The molecule has 11 heteroatoms. The van der Waals surface area contributed by atoms with Crippen molar-refractivity contribution in [3.63, 3.8) is 0 Å². The molecule has 0 radical (unpaired) electrons. The smallest absolute Gasteiger partial charge is 0.407 e. The predicted molar refractivity (Wildman–Crippen MR) is 144 cm³/mol. The lowest BCUT2D eigenvalue weighted by atomic mass is 10.0. The molecule has 5 aromatic rings. The van der Waals surface area contributed by atoms with Gasteiger partial charge in [0.25, 0.3) is 0 Å². The molecular weight excluding hydrogens is 482 g/mol. The summed E-state index contributed by atoms with van der Waals surface area (Å²) in [7, 11) is 0. The van der Waals surface area contributed by atoms with Gasteiger partial charge in [0.15, 0.2) is 5.65 Å². The average molecular weight is 510 g/mol. The van der Waals surface area contributed by atoms with Crippen molar-refractivity contribution < 1.29 is 9.90 Å². The van der Waals surface area contributed by atoms with Crippen molar-refractivity contribution in [3.8, 4) is 0 Å². The minimum Gasteiger partial charge on any atom is -0.465 e. The van der Waals surface area contributed by atoms with Gasteiger partial charge in [0.05, 0.1) is 11.7 Å². The van der Waals surface area contributed by atoms with Gasteiger partial charge in [0.2, 0.25) is 0 Å². The lowest BCUT2D eigenvalue weighted by molar-refractivity contribution is 0.122. The second kappa shape index (κ2) is 9.58. The van der Waals surface area contributed by atoms with Crippen molar-refractivity contribution in [3.05, 3.63) is 78.1 Å². The SMILES string of the molecule is Cc1cc(Nc2ncnc3cnc(N4CCN(C(=O)O)[C@H](C)C4)cc23)ccc1Cc1ccn2ncnc2c1. The molecule has 4 aromatic heterocycles. The highest BCUT2D eigenvalue weighted by molar-refractivity contribution is 5.92. The zero-order valence-corrected chi connectivity index (χ0v) is 21.1. The largest absolute Gasteiger partial charge is 0.465 e. The van der Waals surface area contributed by atoms with Crippen LogP contribution in [0, 0.1) is 6.92 Å². The molecule has 1 aliphatic heterocycles. The predicted octanol–water partition coefficient (Wildman–Crippen LogP) is 3.90. The number of aromatic nitrogens is 6. The summed E-state index contributed by atoms with van der Waals surface area (Å²) in [6.45, 7) is 5.61. The van der Waals surface area contributed by atoms with Gasteiger partial charge in [-0.05, 0) is 67.3 Å². The minimum atomic E-state index is -0.888. The molecule has 11 nitrogen and oxygen atoms in total. The van der Waals surface area contributed by atoms with Crippen LogP contribution in [0.5, 0.6) is 0 Å². The summed E-state index contributed by atoms with van der Waals surface area (Å²) in [5.74, 6) is 1.48. The monoisotopic (exact) mass is 509 g/mol. The van der Waals surface area contributed by atoms with Crippen LogP contribution in [0.4, 0.5) is 22.1 Å². The maximum Gasteiger partial charge on any atom is 0.407 e. The Morgan fingerprint density at radius 3 is 2.79 bits per heavy atom. The number of amides is 1. The van der Waals surface area contributed by atoms with Crippen molar-refractivity contribution in [2.24, 2.45) is 0 Å². The fraction of sp³-hybridized carbons (Fsp3) is 0.259. The second-order valence-electron chi connectivity index (χ2n) is 9.59. The Balaban J connectivity index is 1.23. The summed E-state index contributed by atoms with van der Waals surface area (Å²) < 4.78 is 1.76. The number of nitrogens with one attached hydrogen (secondary N) is 1. The van der Waals surface area contributed by atoms with Gasteiger partial charge in [-0.15, -0.1) is 0 Å². The van der Waals surface area contributed by atoms with Crippen LogP contribution in [0.15, 0.2) is 61.4 Å². The first-order valence-corrected chi connectivity index (χ1v) is 12.4. The molecule has 0 aliphatic carbocycles. The maximum atomic E-state index is 11.4. The molecule has 0 spiro atoms. The van der Waals surface area contributed by atoms with Crippen molar-refractivity contribution in [2.45, 2.75) is 26.3 Å². The van der Waals surface area contributed by atoms with Gasteiger partial charge < -0.3 is 20.2 Å². The van der Waals surface area contributed by atoms with Gasteiger partial charge in [-0.3, -0.25) is 0 Å². The third-order valence-corrected chi connectivity index (χ3v) is 7.05. The van der Waals surface area contributed by atoms with E-state index in [-0.39, 0.29) is 6.04 Å². The Morgan fingerprint density at radius 2 is 1.97 bits per heavy atom. The molecule has 0 unspecified atom stereocenters. The lowest BCUT2D eigenvalue weighted by Gasteiger charge is -2.38. The van der Waals surface area contributed by atoms with E-state index in [1.807, 2.05) is 19.2 Å². The van der Waals surface area contributed by atoms with E-state index in [9.17, 15) is 9.90 Å². The number of aryl methyl sites for hydroxylation is 1. The number of anilines is 3. The Hall–Kier alpha value is -4.80. The van der Waals surface area contributed by atoms with Gasteiger partial charge in [0.1, 0.15) is 24.3 Å². The number of rotatable bonds is 5. The first-order chi connectivity index (χ1) is 18.4. The second-order valence-corrected chi connectivity index (χ2v) is 9.59. The van der Waals surface area contributed by atoms with Crippen LogP contribution in [-0.2, 0) is 6.42 Å². The average Bonchev–Trinajstić information content (AvgIpc) is 3.38. The highest BCUT2D eigenvalue weighted by Gasteiger charge is 2.28. The highest BCUT2D eigenvalue weighted by atomic mass is 16.4. The van der Waals surface area contributed by atoms with E-state index in [0.717, 1.165) is 34.5 Å². The fourth-order valence-corrected chi connectivity index (χ4v) is 4.97. The van der Waals surface area contributed by atoms with Crippen LogP contribution in [0.1, 0.15) is 23.6 Å². The van der Waals surface area contributed by atoms with Crippen molar-refractivity contribution in [1.29, 1.82) is 0 Å². The molecule has 1 aliphatic rings. The summed E-state index contributed by atoms with van der Waals surface area (Å²) in [5, 5.41) is 17.9. The standard InChI is InChI=1S/C27H27N9O2/c1-17-9-21(4-3-20(17)10-19-5-6-36-25(11-19)30-16-32-36)33-26-22-12-24(28-13-23(22)29-15-31-26)34-7-8-35(27(37)38)18(2)14-34/h3-6,9,11-13,15-16,18H,7-8,10,14H2,1-2H3,(H,37,38)(H,29,31,33)/t18-/m1/s1. The van der Waals surface area contributed by atoms with Crippen LogP contribution >= 0.6 is 0 Å². The molecule has 1 fully saturated rings. The Kier molecular flexibility index (Phi) is 5.95. The van der Waals surface area contributed by atoms with E-state index in [4.69, 9.17) is 0 Å². The first-order valence-electron chi connectivity index (χ1n) is 12.4. The van der Waals surface area contributed by atoms with Crippen LogP contribution < -0.4 is 10.2 Å². The van der Waals surface area contributed by atoms with E-state index in [2.05, 4.69) is 72.5 Å². The molecule has 192 valence electrons. The van der Waals surface area contributed by atoms with Gasteiger partial charge in [-0.25, -0.2) is 29.2 Å². The molecule has 2 N–H and O–H groups in total. The number of carbonyl (C=O) groups is 1. The lowest BCUT2D eigenvalue weighted by Crippen LogP contribution is -2.53. The maximum absolute atomic E-state index is 11.4. The fourth-order valence-electron chi connectivity index (χ4n) is 4.97. The van der Waals surface area contributed by atoms with E-state index in [1.54, 1.807) is 17.0 Å². The Morgan fingerprint density at radius 1 is 1.08 bits per heavy atom. The number of nitrogens with zero attached hydrogens (tertiary/aromatic N) is 8. The number of hydrogen-bond acceptors (Lipinski definition) is 8. The third-order valence-electron chi connectivity index (χ3n) is 7.05. The number of carboxylic acid groups (broad SMARTS) is 1. The van der Waals surface area contributed by atoms with E-state index in [1.165, 1.54) is 27.9 Å². The number of pyridine rings is 2.